The number of nitrogens with zero attached hydrogens (tertiary/aromatic N) is 1. The van der Waals surface area contributed by atoms with Gasteiger partial charge in [0.15, 0.2) is 0 Å². The van der Waals surface area contributed by atoms with Crippen LogP contribution < -0.4 is 5.32 Å². The Morgan fingerprint density at radius 1 is 1.38 bits per heavy atom. The van der Waals surface area contributed by atoms with Crippen LogP contribution in [0.5, 0.6) is 0 Å². The minimum Gasteiger partial charge on any atom is -0.394 e. The lowest BCUT2D eigenvalue weighted by Crippen LogP contribution is -2.36. The zero-order chi connectivity index (χ0) is 17.9. The van der Waals surface area contributed by atoms with Crippen LogP contribution in [0, 0.1) is 0 Å². The molecule has 0 spiro atoms. The third kappa shape index (κ3) is 3.88. The molecule has 1 atom stereocenters. The molecule has 2 aromatic rings. The van der Waals surface area contributed by atoms with E-state index in [-0.39, 0.29) is 28.6 Å². The molecule has 0 fully saturated rings. The molecular weight excluding hydrogens is 349 g/mol. The second-order valence-corrected chi connectivity index (χ2v) is 5.39. The molecule has 2 N–H and O–H groups in total. The van der Waals surface area contributed by atoms with Gasteiger partial charge in [-0.15, -0.1) is 0 Å². The van der Waals surface area contributed by atoms with Gasteiger partial charge in [-0.3, -0.25) is 4.79 Å². The van der Waals surface area contributed by atoms with Crippen molar-refractivity contribution < 1.29 is 27.6 Å². The minimum atomic E-state index is -4.45. The lowest BCUT2D eigenvalue weighted by molar-refractivity contribution is -0.137. The molecule has 1 heterocycles. The number of nitrogens with one attached hydrogen (secondary N) is 1. The number of amides is 1. The Kier molecular flexibility index (Phi) is 5.51. The number of halogens is 4. The summed E-state index contributed by atoms with van der Waals surface area (Å²) in [4.78, 5) is 12.0. The van der Waals surface area contributed by atoms with Gasteiger partial charge in [0.2, 0.25) is 5.76 Å². The molecule has 0 aliphatic rings. The van der Waals surface area contributed by atoms with Crippen LogP contribution in [-0.2, 0) is 6.18 Å². The van der Waals surface area contributed by atoms with Crippen LogP contribution in [0.15, 0.2) is 28.8 Å². The van der Waals surface area contributed by atoms with Crippen LogP contribution in [0.3, 0.4) is 0 Å². The molecule has 1 aromatic heterocycles. The zero-order valence-electron chi connectivity index (χ0n) is 12.5. The highest BCUT2D eigenvalue weighted by Gasteiger charge is 2.30. The maximum atomic E-state index is 12.6. The molecule has 2 rings (SSSR count). The molecule has 1 amide bonds. The summed E-state index contributed by atoms with van der Waals surface area (Å²) in [5.74, 6) is -0.926. The van der Waals surface area contributed by atoms with Crippen LogP contribution in [0.2, 0.25) is 5.02 Å². The fourth-order valence-electron chi connectivity index (χ4n) is 1.94. The summed E-state index contributed by atoms with van der Waals surface area (Å²) in [5, 5.41) is 15.1. The Morgan fingerprint density at radius 2 is 2.00 bits per heavy atom. The van der Waals surface area contributed by atoms with E-state index in [0.717, 1.165) is 12.1 Å². The van der Waals surface area contributed by atoms with Gasteiger partial charge in [0.05, 0.1) is 18.2 Å². The van der Waals surface area contributed by atoms with Crippen LogP contribution in [-0.4, -0.2) is 28.8 Å². The maximum absolute atomic E-state index is 12.6. The summed E-state index contributed by atoms with van der Waals surface area (Å²) in [7, 11) is 0. The fraction of sp³-hybridized carbons (Fsp3) is 0.333. The van der Waals surface area contributed by atoms with Crippen LogP contribution in [0.1, 0.15) is 29.5 Å². The number of aliphatic hydroxyl groups excluding tert-OH is 1. The molecule has 5 nitrogen and oxygen atoms in total. The van der Waals surface area contributed by atoms with Crippen molar-refractivity contribution in [3.63, 3.8) is 0 Å². The molecule has 1 unspecified atom stereocenters. The smallest absolute Gasteiger partial charge is 0.394 e. The summed E-state index contributed by atoms with van der Waals surface area (Å²) in [5.41, 5.74) is -0.463. The monoisotopic (exact) mass is 362 g/mol. The van der Waals surface area contributed by atoms with E-state index < -0.39 is 23.7 Å². The van der Waals surface area contributed by atoms with Crippen molar-refractivity contribution in [3.8, 4) is 11.3 Å². The standard InChI is InChI=1S/C15H14ClF3N2O3/c1-2-10(7-22)20-14(23)13-11(16)12(21-24-13)8-3-5-9(6-4-8)15(17,18)19/h3-6,10,22H,2,7H2,1H3,(H,20,23). The quantitative estimate of drug-likeness (QED) is 0.853. The number of benzene rings is 1. The highest BCUT2D eigenvalue weighted by atomic mass is 35.5. The first kappa shape index (κ1) is 18.3. The van der Waals surface area contributed by atoms with Gasteiger partial charge in [-0.05, 0) is 18.6 Å². The highest BCUT2D eigenvalue weighted by Crippen LogP contribution is 2.33. The van der Waals surface area contributed by atoms with Crippen LogP contribution in [0.4, 0.5) is 13.2 Å². The third-order valence-corrected chi connectivity index (χ3v) is 3.73. The molecule has 130 valence electrons. The van der Waals surface area contributed by atoms with Gasteiger partial charge in [-0.25, -0.2) is 0 Å². The van der Waals surface area contributed by atoms with E-state index in [4.69, 9.17) is 21.2 Å². The summed E-state index contributed by atoms with van der Waals surface area (Å²) >= 11 is 6.05. The van der Waals surface area contributed by atoms with Crippen molar-refractivity contribution in [1.29, 1.82) is 0 Å². The van der Waals surface area contributed by atoms with Gasteiger partial charge in [-0.1, -0.05) is 35.8 Å². The molecule has 24 heavy (non-hydrogen) atoms. The molecule has 0 radical (unpaired) electrons. The molecule has 0 aliphatic heterocycles. The molecule has 0 aliphatic carbocycles. The second-order valence-electron chi connectivity index (χ2n) is 5.01. The predicted molar refractivity (Wildman–Crippen MR) is 80.6 cm³/mol. The Balaban J connectivity index is 2.25. The topological polar surface area (TPSA) is 75.4 Å². The third-order valence-electron chi connectivity index (χ3n) is 3.38. The first-order valence-corrected chi connectivity index (χ1v) is 7.40. The predicted octanol–water partition coefficient (Wildman–Crippen LogP) is 3.51. The van der Waals surface area contributed by atoms with E-state index in [1.807, 2.05) is 0 Å². The first-order chi connectivity index (χ1) is 11.3. The van der Waals surface area contributed by atoms with Gasteiger partial charge in [-0.2, -0.15) is 13.2 Å². The Labute approximate surface area is 140 Å². The van der Waals surface area contributed by atoms with E-state index in [9.17, 15) is 18.0 Å². The average Bonchev–Trinajstić information content (AvgIpc) is 2.93. The molecule has 9 heteroatoms. The Bertz CT molecular complexity index is 710. The molecule has 0 saturated carbocycles. The number of aromatic nitrogens is 1. The number of alkyl halides is 3. The van der Waals surface area contributed by atoms with Crippen molar-refractivity contribution in [2.45, 2.75) is 25.6 Å². The molecular formula is C15H14ClF3N2O3. The van der Waals surface area contributed by atoms with Crippen LogP contribution in [0.25, 0.3) is 11.3 Å². The summed E-state index contributed by atoms with van der Waals surface area (Å²) in [6.45, 7) is 1.52. The van der Waals surface area contributed by atoms with Crippen molar-refractivity contribution in [2.75, 3.05) is 6.61 Å². The van der Waals surface area contributed by atoms with E-state index in [1.54, 1.807) is 6.92 Å². The van der Waals surface area contributed by atoms with Crippen molar-refractivity contribution in [1.82, 2.24) is 10.5 Å². The summed E-state index contributed by atoms with van der Waals surface area (Å²) < 4.78 is 42.6. The molecule has 1 aromatic carbocycles. The van der Waals surface area contributed by atoms with Crippen molar-refractivity contribution in [3.05, 3.63) is 40.6 Å². The van der Waals surface area contributed by atoms with E-state index in [0.29, 0.717) is 6.42 Å². The lowest BCUT2D eigenvalue weighted by Gasteiger charge is -2.12. The molecule has 0 saturated heterocycles. The van der Waals surface area contributed by atoms with Gasteiger partial charge >= 0.3 is 6.18 Å². The van der Waals surface area contributed by atoms with Gasteiger partial charge in [0.1, 0.15) is 10.7 Å². The maximum Gasteiger partial charge on any atom is 0.416 e. The highest BCUT2D eigenvalue weighted by molar-refractivity contribution is 6.35. The van der Waals surface area contributed by atoms with Crippen molar-refractivity contribution >= 4 is 17.5 Å². The number of carbonyl (C=O) groups excluding carboxylic acids is 1. The number of hydrogen-bond acceptors (Lipinski definition) is 4. The van der Waals surface area contributed by atoms with E-state index >= 15 is 0 Å². The van der Waals surface area contributed by atoms with Gasteiger partial charge < -0.3 is 14.9 Å². The normalized spacial score (nSPS) is 12.9. The summed E-state index contributed by atoms with van der Waals surface area (Å²) in [6, 6.07) is 3.69. The van der Waals surface area contributed by atoms with E-state index in [1.165, 1.54) is 12.1 Å². The summed E-state index contributed by atoms with van der Waals surface area (Å²) in [6.07, 6.45) is -3.95. The molecule has 0 bridgehead atoms. The Morgan fingerprint density at radius 3 is 2.50 bits per heavy atom. The number of aliphatic hydroxyl groups is 1. The van der Waals surface area contributed by atoms with E-state index in [2.05, 4.69) is 10.5 Å². The fourth-order valence-corrected chi connectivity index (χ4v) is 2.21. The second kappa shape index (κ2) is 7.23. The number of hydrogen-bond donors (Lipinski definition) is 2. The average molecular weight is 363 g/mol. The number of carbonyl (C=O) groups is 1. The van der Waals surface area contributed by atoms with Crippen LogP contribution >= 0.6 is 11.6 Å². The minimum absolute atomic E-state index is 0.0626. The SMILES string of the molecule is CCC(CO)NC(=O)c1onc(-c2ccc(C(F)(F)F)cc2)c1Cl. The number of rotatable bonds is 5. The van der Waals surface area contributed by atoms with Gasteiger partial charge in [0, 0.05) is 5.56 Å². The Hall–Kier alpha value is -2.06. The van der Waals surface area contributed by atoms with Crippen molar-refractivity contribution in [2.24, 2.45) is 0 Å². The first-order valence-electron chi connectivity index (χ1n) is 7.02. The lowest BCUT2D eigenvalue weighted by atomic mass is 10.1. The largest absolute Gasteiger partial charge is 0.416 e. The zero-order valence-corrected chi connectivity index (χ0v) is 13.3. The van der Waals surface area contributed by atoms with Gasteiger partial charge in [0.25, 0.3) is 5.91 Å².